The number of methoxy groups -OCH3 is 1. The number of hydrogen-bond donors (Lipinski definition) is 2. The second kappa shape index (κ2) is 6.64. The highest BCUT2D eigenvalue weighted by molar-refractivity contribution is 7.84. The van der Waals surface area contributed by atoms with E-state index < -0.39 is 10.3 Å². The Labute approximate surface area is 161 Å². The lowest BCUT2D eigenvalue weighted by Crippen LogP contribution is -2.43. The van der Waals surface area contributed by atoms with Crippen molar-refractivity contribution in [1.29, 1.82) is 0 Å². The van der Waals surface area contributed by atoms with Crippen LogP contribution in [0, 0.1) is 23.2 Å². The van der Waals surface area contributed by atoms with E-state index in [2.05, 4.69) is 6.92 Å². The van der Waals surface area contributed by atoms with Crippen molar-refractivity contribution in [2.75, 3.05) is 13.7 Å². The van der Waals surface area contributed by atoms with Gasteiger partial charge in [-0.25, -0.2) is 0 Å². The number of ether oxygens (including phenoxy) is 1. The molecule has 3 aliphatic rings. The molecule has 6 nitrogen and oxygen atoms in total. The van der Waals surface area contributed by atoms with Crippen LogP contribution < -0.4 is 14.1 Å². The molecule has 0 amide bonds. The predicted octanol–water partition coefficient (Wildman–Crippen LogP) is 2.74. The van der Waals surface area contributed by atoms with E-state index in [0.29, 0.717) is 36.0 Å². The van der Waals surface area contributed by atoms with Crippen LogP contribution >= 0.6 is 0 Å². The highest BCUT2D eigenvalue weighted by Crippen LogP contribution is 2.63. The summed E-state index contributed by atoms with van der Waals surface area (Å²) in [5.74, 6) is 2.72. The maximum Gasteiger partial charge on any atom is 0.380 e. The van der Waals surface area contributed by atoms with Crippen molar-refractivity contribution >= 4 is 10.3 Å². The molecule has 0 aromatic heterocycles. The molecule has 7 heteroatoms. The molecule has 1 aromatic rings. The Morgan fingerprint density at radius 1 is 1.22 bits per heavy atom. The van der Waals surface area contributed by atoms with Crippen molar-refractivity contribution < 1.29 is 22.4 Å². The second-order valence-corrected chi connectivity index (χ2v) is 9.85. The SMILES string of the molecule is COc1cc2c(cc1OS(N)(=O)=O)CCC1C2CC[C@@]2(C)C1CC[C@@H]2CO. The average Bonchev–Trinajstić information content (AvgIpc) is 2.95. The van der Waals surface area contributed by atoms with Gasteiger partial charge in [0.05, 0.1) is 7.11 Å². The van der Waals surface area contributed by atoms with Crippen molar-refractivity contribution in [1.82, 2.24) is 0 Å². The Kier molecular flexibility index (Phi) is 4.68. The molecule has 5 atom stereocenters. The number of fused-ring (bicyclic) bond motifs is 5. The van der Waals surface area contributed by atoms with Crippen molar-refractivity contribution in [3.8, 4) is 11.5 Å². The van der Waals surface area contributed by atoms with Gasteiger partial charge in [0.2, 0.25) is 0 Å². The summed E-state index contributed by atoms with van der Waals surface area (Å²) in [5.41, 5.74) is 2.64. The molecule has 2 fully saturated rings. The van der Waals surface area contributed by atoms with Gasteiger partial charge in [0.1, 0.15) is 0 Å². The van der Waals surface area contributed by atoms with E-state index >= 15 is 0 Å². The second-order valence-electron chi connectivity index (χ2n) is 8.69. The molecule has 0 saturated heterocycles. The van der Waals surface area contributed by atoms with Gasteiger partial charge in [0, 0.05) is 6.61 Å². The third kappa shape index (κ3) is 3.13. The lowest BCUT2D eigenvalue weighted by atomic mass is 9.54. The van der Waals surface area contributed by atoms with E-state index in [1.54, 1.807) is 6.07 Å². The van der Waals surface area contributed by atoms with Gasteiger partial charge in [-0.05, 0) is 90.9 Å². The summed E-state index contributed by atoms with van der Waals surface area (Å²) < 4.78 is 33.1. The number of aliphatic hydroxyl groups is 1. The molecule has 27 heavy (non-hydrogen) atoms. The number of hydrogen-bond acceptors (Lipinski definition) is 5. The van der Waals surface area contributed by atoms with E-state index in [0.717, 1.165) is 37.7 Å². The molecule has 4 rings (SSSR count). The van der Waals surface area contributed by atoms with Crippen molar-refractivity contribution in [3.05, 3.63) is 23.3 Å². The van der Waals surface area contributed by atoms with Crippen LogP contribution in [0.25, 0.3) is 0 Å². The van der Waals surface area contributed by atoms with E-state index in [1.807, 2.05) is 6.07 Å². The number of benzene rings is 1. The maximum absolute atomic E-state index is 11.4. The first-order valence-corrected chi connectivity index (χ1v) is 11.3. The van der Waals surface area contributed by atoms with E-state index in [-0.39, 0.29) is 11.2 Å². The van der Waals surface area contributed by atoms with Gasteiger partial charge in [-0.15, -0.1) is 0 Å². The largest absolute Gasteiger partial charge is 0.493 e. The normalized spacial score (nSPS) is 35.1. The molecule has 0 aliphatic heterocycles. The summed E-state index contributed by atoms with van der Waals surface area (Å²) in [7, 11) is -2.58. The molecule has 1 aromatic carbocycles. The first kappa shape index (κ1) is 19.0. The van der Waals surface area contributed by atoms with E-state index in [9.17, 15) is 13.5 Å². The first-order chi connectivity index (χ1) is 12.8. The van der Waals surface area contributed by atoms with Crippen LogP contribution in [-0.2, 0) is 16.7 Å². The molecule has 150 valence electrons. The molecule has 0 radical (unpaired) electrons. The lowest BCUT2D eigenvalue weighted by Gasteiger charge is -2.51. The Hall–Kier alpha value is -1.31. The predicted molar refractivity (Wildman–Crippen MR) is 102 cm³/mol. The fourth-order valence-electron chi connectivity index (χ4n) is 6.34. The van der Waals surface area contributed by atoms with Crippen LogP contribution in [0.3, 0.4) is 0 Å². The summed E-state index contributed by atoms with van der Waals surface area (Å²) in [6.45, 7) is 2.67. The summed E-state index contributed by atoms with van der Waals surface area (Å²) in [4.78, 5) is 0. The van der Waals surface area contributed by atoms with E-state index in [1.165, 1.54) is 19.1 Å². The fraction of sp³-hybridized carbons (Fsp3) is 0.700. The van der Waals surface area contributed by atoms with Crippen LogP contribution in [0.5, 0.6) is 11.5 Å². The number of rotatable bonds is 4. The molecular formula is C20H29NO5S. The summed E-state index contributed by atoms with van der Waals surface area (Å²) in [5, 5.41) is 14.9. The standard InChI is InChI=1S/C20H29NO5S/c1-20-8-7-14-15(17(20)6-4-13(20)11-22)5-3-12-9-19(26-27(21,23)24)18(25-2)10-16(12)14/h9-10,13-15,17,22H,3-8,11H2,1-2H3,(H2,21,23,24)/t13-,14?,15?,17?,20-/m1/s1. The van der Waals surface area contributed by atoms with Crippen LogP contribution in [0.1, 0.15) is 56.1 Å². The van der Waals surface area contributed by atoms with Crippen LogP contribution in [-0.4, -0.2) is 27.2 Å². The summed E-state index contributed by atoms with van der Waals surface area (Å²) >= 11 is 0. The average molecular weight is 396 g/mol. The van der Waals surface area contributed by atoms with E-state index in [4.69, 9.17) is 14.1 Å². The van der Waals surface area contributed by atoms with Gasteiger partial charge in [-0.3, -0.25) is 0 Å². The van der Waals surface area contributed by atoms with Crippen molar-refractivity contribution in [2.24, 2.45) is 28.3 Å². The Balaban J connectivity index is 1.69. The molecular weight excluding hydrogens is 366 g/mol. The minimum atomic E-state index is -4.09. The summed E-state index contributed by atoms with van der Waals surface area (Å²) in [6.07, 6.45) is 6.54. The van der Waals surface area contributed by atoms with Gasteiger partial charge < -0.3 is 14.0 Å². The minimum absolute atomic E-state index is 0.166. The highest BCUT2D eigenvalue weighted by atomic mass is 32.2. The number of nitrogens with two attached hydrogens (primary N) is 1. The number of aryl methyl sites for hydroxylation is 1. The maximum atomic E-state index is 11.4. The zero-order valence-corrected chi connectivity index (χ0v) is 16.8. The molecule has 3 unspecified atom stereocenters. The molecule has 3 N–H and O–H groups in total. The molecule has 0 heterocycles. The van der Waals surface area contributed by atoms with Gasteiger partial charge in [0.15, 0.2) is 11.5 Å². The van der Waals surface area contributed by atoms with Crippen molar-refractivity contribution in [3.63, 3.8) is 0 Å². The van der Waals surface area contributed by atoms with Crippen LogP contribution in [0.15, 0.2) is 12.1 Å². The zero-order valence-electron chi connectivity index (χ0n) is 16.0. The topological polar surface area (TPSA) is 98.9 Å². The molecule has 0 spiro atoms. The minimum Gasteiger partial charge on any atom is -0.493 e. The zero-order chi connectivity index (χ0) is 19.4. The van der Waals surface area contributed by atoms with Gasteiger partial charge in [0.25, 0.3) is 0 Å². The summed E-state index contributed by atoms with van der Waals surface area (Å²) in [6, 6.07) is 3.74. The quantitative estimate of drug-likeness (QED) is 0.817. The smallest absolute Gasteiger partial charge is 0.380 e. The van der Waals surface area contributed by atoms with Gasteiger partial charge in [-0.1, -0.05) is 6.92 Å². The van der Waals surface area contributed by atoms with Crippen LogP contribution in [0.4, 0.5) is 0 Å². The van der Waals surface area contributed by atoms with Gasteiger partial charge in [-0.2, -0.15) is 13.6 Å². The number of aliphatic hydroxyl groups excluding tert-OH is 1. The molecule has 2 saturated carbocycles. The fourth-order valence-corrected chi connectivity index (χ4v) is 6.72. The van der Waals surface area contributed by atoms with Gasteiger partial charge >= 0.3 is 10.3 Å². The Morgan fingerprint density at radius 3 is 2.67 bits per heavy atom. The molecule has 0 bridgehead atoms. The lowest BCUT2D eigenvalue weighted by molar-refractivity contribution is 0.00952. The van der Waals surface area contributed by atoms with Crippen molar-refractivity contribution in [2.45, 2.75) is 51.4 Å². The first-order valence-electron chi connectivity index (χ1n) is 9.80. The third-order valence-corrected chi connectivity index (χ3v) is 8.04. The van der Waals surface area contributed by atoms with Crippen LogP contribution in [0.2, 0.25) is 0 Å². The molecule has 3 aliphatic carbocycles. The Morgan fingerprint density at radius 2 is 2.00 bits per heavy atom. The Bertz CT molecular complexity index is 839. The monoisotopic (exact) mass is 395 g/mol. The highest BCUT2D eigenvalue weighted by Gasteiger charge is 2.54. The third-order valence-electron chi connectivity index (χ3n) is 7.63.